The number of nitrogens with one attached hydrogen (secondary N) is 3. The number of anilines is 2. The molecule has 8 nitrogen and oxygen atoms in total. The third-order valence-electron chi connectivity index (χ3n) is 8.84. The Morgan fingerprint density at radius 1 is 1.00 bits per heavy atom. The van der Waals surface area contributed by atoms with Crippen molar-refractivity contribution in [2.75, 3.05) is 17.7 Å². The Balaban J connectivity index is 1.32. The standard InChI is InChI=1S/C40H42BrN3O5S2/c1-6-32(37(47)44-38-34(39(48)49-5)30-19-18-26(40(2,3)4)22-33(30)51-38)50-29-17-11-16-28(23-29)42-36(46)31(21-24-12-10-15-27(41)20-24)43-35(45)25-13-8-7-9-14-25/h7-17,20-21,23,26,32H,6,18-19,22H2,1-5H3,(H,42,46)(H,43,45)(H,44,47)/b31-21+. The molecule has 266 valence electrons. The van der Waals surface area contributed by atoms with Gasteiger partial charge in [-0.25, -0.2) is 4.79 Å². The molecule has 0 radical (unpaired) electrons. The molecule has 2 unspecified atom stereocenters. The van der Waals surface area contributed by atoms with E-state index >= 15 is 0 Å². The Bertz CT molecular complexity index is 1950. The van der Waals surface area contributed by atoms with Crippen LogP contribution in [0.2, 0.25) is 0 Å². The summed E-state index contributed by atoms with van der Waals surface area (Å²) in [5.41, 5.74) is 3.31. The Morgan fingerprint density at radius 2 is 1.75 bits per heavy atom. The summed E-state index contributed by atoms with van der Waals surface area (Å²) < 4.78 is 5.98. The fourth-order valence-corrected chi connectivity index (χ4v) is 8.71. The first-order chi connectivity index (χ1) is 24.4. The van der Waals surface area contributed by atoms with Crippen molar-refractivity contribution in [3.8, 4) is 0 Å². The number of ether oxygens (including phenoxy) is 1. The molecule has 1 aliphatic carbocycles. The highest BCUT2D eigenvalue weighted by atomic mass is 79.9. The van der Waals surface area contributed by atoms with E-state index in [1.54, 1.807) is 48.5 Å². The molecule has 2 atom stereocenters. The van der Waals surface area contributed by atoms with E-state index in [-0.39, 0.29) is 17.0 Å². The second kappa shape index (κ2) is 16.9. The van der Waals surface area contributed by atoms with Gasteiger partial charge < -0.3 is 20.7 Å². The van der Waals surface area contributed by atoms with Gasteiger partial charge >= 0.3 is 5.97 Å². The van der Waals surface area contributed by atoms with Crippen LogP contribution in [-0.4, -0.2) is 36.1 Å². The van der Waals surface area contributed by atoms with Gasteiger partial charge in [0.2, 0.25) is 5.91 Å². The van der Waals surface area contributed by atoms with Gasteiger partial charge in [0.05, 0.1) is 17.9 Å². The van der Waals surface area contributed by atoms with Crippen LogP contribution in [0.3, 0.4) is 0 Å². The number of rotatable bonds is 11. The van der Waals surface area contributed by atoms with Gasteiger partial charge in [-0.3, -0.25) is 14.4 Å². The van der Waals surface area contributed by atoms with Crippen LogP contribution in [0, 0.1) is 11.3 Å². The van der Waals surface area contributed by atoms with E-state index in [0.717, 1.165) is 44.6 Å². The minimum absolute atomic E-state index is 0.0692. The summed E-state index contributed by atoms with van der Waals surface area (Å²) in [5.74, 6) is -1.08. The molecule has 0 saturated heterocycles. The van der Waals surface area contributed by atoms with E-state index in [0.29, 0.717) is 34.2 Å². The van der Waals surface area contributed by atoms with E-state index in [2.05, 4.69) is 52.7 Å². The number of fused-ring (bicyclic) bond motifs is 1. The third kappa shape index (κ3) is 9.78. The van der Waals surface area contributed by atoms with Crippen molar-refractivity contribution in [1.82, 2.24) is 5.32 Å². The maximum absolute atomic E-state index is 13.7. The molecule has 3 amide bonds. The number of hydrogen-bond acceptors (Lipinski definition) is 7. The highest BCUT2D eigenvalue weighted by Gasteiger charge is 2.35. The molecule has 0 saturated carbocycles. The molecule has 1 aromatic heterocycles. The van der Waals surface area contributed by atoms with Gasteiger partial charge in [0.15, 0.2) is 0 Å². The van der Waals surface area contributed by atoms with Crippen molar-refractivity contribution >= 4 is 79.5 Å². The van der Waals surface area contributed by atoms with Gasteiger partial charge in [-0.2, -0.15) is 0 Å². The molecular formula is C40H42BrN3O5S2. The summed E-state index contributed by atoms with van der Waals surface area (Å²) in [5, 5.41) is 8.80. The van der Waals surface area contributed by atoms with Crippen LogP contribution >= 0.6 is 39.0 Å². The summed E-state index contributed by atoms with van der Waals surface area (Å²) in [4.78, 5) is 55.2. The average Bonchev–Trinajstić information content (AvgIpc) is 3.47. The smallest absolute Gasteiger partial charge is 0.341 e. The number of thiophene rings is 1. The van der Waals surface area contributed by atoms with Crippen LogP contribution in [0.15, 0.2) is 93.9 Å². The quantitative estimate of drug-likeness (QED) is 0.0794. The number of benzene rings is 3. The van der Waals surface area contributed by atoms with Gasteiger partial charge in [0, 0.05) is 25.5 Å². The minimum atomic E-state index is -0.503. The second-order valence-electron chi connectivity index (χ2n) is 13.4. The summed E-state index contributed by atoms with van der Waals surface area (Å²) in [6.45, 7) is 8.67. The summed E-state index contributed by atoms with van der Waals surface area (Å²) >= 11 is 6.31. The zero-order chi connectivity index (χ0) is 36.7. The molecule has 0 aliphatic heterocycles. The lowest BCUT2D eigenvalue weighted by molar-refractivity contribution is -0.116. The lowest BCUT2D eigenvalue weighted by Crippen LogP contribution is -2.30. The van der Waals surface area contributed by atoms with Crippen molar-refractivity contribution < 1.29 is 23.9 Å². The van der Waals surface area contributed by atoms with Gasteiger partial charge in [-0.1, -0.05) is 80.0 Å². The molecule has 0 bridgehead atoms. The van der Waals surface area contributed by atoms with E-state index in [9.17, 15) is 19.2 Å². The van der Waals surface area contributed by atoms with E-state index in [4.69, 9.17) is 4.74 Å². The highest BCUT2D eigenvalue weighted by Crippen LogP contribution is 2.45. The summed E-state index contributed by atoms with van der Waals surface area (Å²) in [6.07, 6.45) is 4.76. The van der Waals surface area contributed by atoms with E-state index in [1.165, 1.54) is 30.2 Å². The first-order valence-electron chi connectivity index (χ1n) is 16.8. The molecular weight excluding hydrogens is 746 g/mol. The van der Waals surface area contributed by atoms with Crippen molar-refractivity contribution in [2.45, 2.75) is 63.5 Å². The SMILES string of the molecule is CCC(Sc1cccc(NC(=O)/C(=C\c2cccc(Br)c2)NC(=O)c2ccccc2)c1)C(=O)Nc1sc2c(c1C(=O)OC)CCC(C(C)(C)C)C2. The number of carbonyl (C=O) groups is 4. The van der Waals surface area contributed by atoms with Crippen LogP contribution < -0.4 is 16.0 Å². The zero-order valence-electron chi connectivity index (χ0n) is 29.3. The number of carbonyl (C=O) groups excluding carboxylic acids is 4. The first kappa shape index (κ1) is 38.1. The van der Waals surface area contributed by atoms with Gasteiger partial charge in [-0.15, -0.1) is 23.1 Å². The van der Waals surface area contributed by atoms with Crippen LogP contribution in [0.4, 0.5) is 10.7 Å². The highest BCUT2D eigenvalue weighted by molar-refractivity contribution is 9.10. The second-order valence-corrected chi connectivity index (χ2v) is 16.7. The van der Waals surface area contributed by atoms with Crippen molar-refractivity contribution in [2.24, 2.45) is 11.3 Å². The fourth-order valence-electron chi connectivity index (χ4n) is 5.96. The largest absolute Gasteiger partial charge is 0.465 e. The normalized spacial score (nSPS) is 14.9. The topological polar surface area (TPSA) is 114 Å². The Labute approximate surface area is 316 Å². The van der Waals surface area contributed by atoms with Crippen molar-refractivity contribution in [3.63, 3.8) is 0 Å². The molecule has 11 heteroatoms. The van der Waals surface area contributed by atoms with Gasteiger partial charge in [-0.05, 0) is 96.7 Å². The van der Waals surface area contributed by atoms with Gasteiger partial charge in [0.25, 0.3) is 11.8 Å². The minimum Gasteiger partial charge on any atom is -0.465 e. The number of thioether (sulfide) groups is 1. The Morgan fingerprint density at radius 3 is 2.43 bits per heavy atom. The molecule has 0 spiro atoms. The van der Waals surface area contributed by atoms with Crippen LogP contribution in [-0.2, 0) is 27.2 Å². The predicted molar refractivity (Wildman–Crippen MR) is 210 cm³/mol. The summed E-state index contributed by atoms with van der Waals surface area (Å²) in [7, 11) is 1.37. The maximum Gasteiger partial charge on any atom is 0.341 e. The molecule has 1 aliphatic rings. The molecule has 4 aromatic rings. The number of hydrogen-bond donors (Lipinski definition) is 3. The maximum atomic E-state index is 13.7. The van der Waals surface area contributed by atoms with Crippen molar-refractivity contribution in [1.29, 1.82) is 0 Å². The third-order valence-corrected chi connectivity index (χ3v) is 11.9. The summed E-state index contributed by atoms with van der Waals surface area (Å²) in [6, 6.07) is 23.3. The number of methoxy groups -OCH3 is 1. The zero-order valence-corrected chi connectivity index (χ0v) is 32.5. The molecule has 51 heavy (non-hydrogen) atoms. The molecule has 1 heterocycles. The van der Waals surface area contributed by atoms with Crippen LogP contribution in [0.1, 0.15) is 77.3 Å². The van der Waals surface area contributed by atoms with E-state index < -0.39 is 23.0 Å². The van der Waals surface area contributed by atoms with E-state index in [1.807, 2.05) is 43.3 Å². The lowest BCUT2D eigenvalue weighted by Gasteiger charge is -2.33. The van der Waals surface area contributed by atoms with Crippen molar-refractivity contribution in [3.05, 3.63) is 116 Å². The molecule has 3 N–H and O–H groups in total. The predicted octanol–water partition coefficient (Wildman–Crippen LogP) is 9.37. The number of amides is 3. The first-order valence-corrected chi connectivity index (χ1v) is 19.3. The molecule has 5 rings (SSSR count). The fraction of sp³-hybridized carbons (Fsp3) is 0.300. The lowest BCUT2D eigenvalue weighted by atomic mass is 9.72. The Hall–Kier alpha value is -4.19. The average molecular weight is 789 g/mol. The van der Waals surface area contributed by atoms with Crippen LogP contribution in [0.25, 0.3) is 6.08 Å². The number of halogens is 1. The monoisotopic (exact) mass is 787 g/mol. The number of esters is 1. The molecule has 0 fully saturated rings. The van der Waals surface area contributed by atoms with Gasteiger partial charge in [0.1, 0.15) is 10.7 Å². The molecule has 3 aromatic carbocycles. The van der Waals surface area contributed by atoms with Crippen LogP contribution in [0.5, 0.6) is 0 Å². The Kier molecular flexibility index (Phi) is 12.6.